The molecule has 0 aliphatic rings. The summed E-state index contributed by atoms with van der Waals surface area (Å²) in [4.78, 5) is 8.80. The number of rotatable bonds is 10. The van der Waals surface area contributed by atoms with E-state index in [2.05, 4.69) is 26.9 Å². The van der Waals surface area contributed by atoms with Crippen LogP contribution in [0.25, 0.3) is 0 Å². The Bertz CT molecular complexity index is 362. The summed E-state index contributed by atoms with van der Waals surface area (Å²) in [6.07, 6.45) is 4.52. The van der Waals surface area contributed by atoms with Crippen LogP contribution in [0.1, 0.15) is 25.6 Å². The fourth-order valence-corrected chi connectivity index (χ4v) is 2.05. The molecule has 0 bridgehead atoms. The van der Waals surface area contributed by atoms with E-state index in [1.807, 2.05) is 31.8 Å². The first kappa shape index (κ1) is 16.0. The molecule has 0 unspecified atom stereocenters. The fraction of sp³-hybridized carbons (Fsp3) is 0.692. The number of hydrogen-bond acceptors (Lipinski definition) is 6. The van der Waals surface area contributed by atoms with Crippen LogP contribution < -0.4 is 10.6 Å². The molecule has 2 N–H and O–H groups in total. The maximum absolute atomic E-state index is 5.35. The van der Waals surface area contributed by atoms with Crippen molar-refractivity contribution in [2.45, 2.75) is 26.4 Å². The van der Waals surface area contributed by atoms with Crippen LogP contribution in [0.4, 0.5) is 11.6 Å². The van der Waals surface area contributed by atoms with Gasteiger partial charge in [-0.15, -0.1) is 0 Å². The third kappa shape index (κ3) is 6.63. The van der Waals surface area contributed by atoms with Crippen molar-refractivity contribution < 1.29 is 4.74 Å². The molecule has 0 fully saturated rings. The molecule has 1 rings (SSSR count). The van der Waals surface area contributed by atoms with Crippen molar-refractivity contribution in [1.29, 1.82) is 0 Å². The SMILES string of the molecule is CCOCc1nc(NC)cc(NCCCCSC)n1. The number of ether oxygens (including phenoxy) is 1. The van der Waals surface area contributed by atoms with E-state index < -0.39 is 0 Å². The Hall–Kier alpha value is -1.01. The third-order valence-electron chi connectivity index (χ3n) is 2.55. The van der Waals surface area contributed by atoms with Gasteiger partial charge in [-0.25, -0.2) is 9.97 Å². The van der Waals surface area contributed by atoms with E-state index in [0.717, 1.165) is 24.6 Å². The number of hydrogen-bond donors (Lipinski definition) is 2. The number of aromatic nitrogens is 2. The molecule has 1 aromatic rings. The summed E-state index contributed by atoms with van der Waals surface area (Å²) < 4.78 is 5.35. The van der Waals surface area contributed by atoms with Gasteiger partial charge in [0.25, 0.3) is 0 Å². The Morgan fingerprint density at radius 1 is 1.26 bits per heavy atom. The second-order valence-electron chi connectivity index (χ2n) is 4.07. The summed E-state index contributed by atoms with van der Waals surface area (Å²) in [6, 6.07) is 1.92. The van der Waals surface area contributed by atoms with Crippen LogP contribution >= 0.6 is 11.8 Å². The number of unbranched alkanes of at least 4 members (excludes halogenated alkanes) is 1. The molecule has 5 nitrogen and oxygen atoms in total. The summed E-state index contributed by atoms with van der Waals surface area (Å²) in [7, 11) is 1.86. The van der Waals surface area contributed by atoms with Gasteiger partial charge in [0.15, 0.2) is 5.82 Å². The average Bonchev–Trinajstić information content (AvgIpc) is 2.44. The molecule has 0 spiro atoms. The summed E-state index contributed by atoms with van der Waals surface area (Å²) >= 11 is 1.89. The molecule has 6 heteroatoms. The molecule has 0 radical (unpaired) electrons. The van der Waals surface area contributed by atoms with Crippen molar-refractivity contribution in [3.8, 4) is 0 Å². The molecule has 0 aliphatic carbocycles. The minimum atomic E-state index is 0.452. The zero-order valence-corrected chi connectivity index (χ0v) is 12.8. The van der Waals surface area contributed by atoms with Gasteiger partial charge in [-0.2, -0.15) is 11.8 Å². The number of nitrogens with one attached hydrogen (secondary N) is 2. The minimum Gasteiger partial charge on any atom is -0.374 e. The summed E-state index contributed by atoms with van der Waals surface area (Å²) in [6.45, 7) is 4.03. The summed E-state index contributed by atoms with van der Waals surface area (Å²) in [5, 5.41) is 6.38. The predicted molar refractivity (Wildman–Crippen MR) is 83.0 cm³/mol. The molecule has 19 heavy (non-hydrogen) atoms. The standard InChI is InChI=1S/C13H24N4OS/c1-4-18-10-13-16-11(14-2)9-12(17-13)15-7-5-6-8-19-3/h9H,4-8,10H2,1-3H3,(H2,14,15,16,17). The highest BCUT2D eigenvalue weighted by molar-refractivity contribution is 7.98. The highest BCUT2D eigenvalue weighted by Gasteiger charge is 2.03. The number of nitrogens with zero attached hydrogens (tertiary/aromatic N) is 2. The lowest BCUT2D eigenvalue weighted by Crippen LogP contribution is -2.09. The molecular formula is C13H24N4OS. The van der Waals surface area contributed by atoms with Crippen molar-refractivity contribution >= 4 is 23.4 Å². The Balaban J connectivity index is 2.50. The maximum Gasteiger partial charge on any atom is 0.158 e. The molecule has 0 amide bonds. The number of anilines is 2. The molecule has 108 valence electrons. The van der Waals surface area contributed by atoms with Crippen LogP contribution in [0.2, 0.25) is 0 Å². The zero-order chi connectivity index (χ0) is 13.9. The molecule has 0 aromatic carbocycles. The van der Waals surface area contributed by atoms with Crippen LogP contribution in [0.3, 0.4) is 0 Å². The van der Waals surface area contributed by atoms with Gasteiger partial charge in [0, 0.05) is 26.3 Å². The molecule has 1 heterocycles. The highest BCUT2D eigenvalue weighted by Crippen LogP contribution is 2.12. The lowest BCUT2D eigenvalue weighted by atomic mass is 10.3. The van der Waals surface area contributed by atoms with Crippen molar-refractivity contribution in [2.75, 3.05) is 42.8 Å². The predicted octanol–water partition coefficient (Wildman–Crippen LogP) is 2.61. The normalized spacial score (nSPS) is 10.5. The molecule has 0 aliphatic heterocycles. The van der Waals surface area contributed by atoms with Crippen LogP contribution in [-0.2, 0) is 11.3 Å². The van der Waals surface area contributed by atoms with Gasteiger partial charge in [-0.3, -0.25) is 0 Å². The van der Waals surface area contributed by atoms with Gasteiger partial charge in [0.05, 0.1) is 0 Å². The Labute approximate surface area is 119 Å². The van der Waals surface area contributed by atoms with E-state index in [1.165, 1.54) is 12.2 Å². The molecule has 0 saturated heterocycles. The molecule has 0 atom stereocenters. The van der Waals surface area contributed by atoms with E-state index >= 15 is 0 Å². The van der Waals surface area contributed by atoms with E-state index in [1.54, 1.807) is 0 Å². The largest absolute Gasteiger partial charge is 0.374 e. The lowest BCUT2D eigenvalue weighted by molar-refractivity contribution is 0.128. The molecule has 0 saturated carbocycles. The van der Waals surface area contributed by atoms with Crippen LogP contribution in [0.15, 0.2) is 6.07 Å². The van der Waals surface area contributed by atoms with Gasteiger partial charge in [-0.1, -0.05) is 0 Å². The first-order valence-electron chi connectivity index (χ1n) is 6.66. The van der Waals surface area contributed by atoms with E-state index in [0.29, 0.717) is 19.0 Å². The van der Waals surface area contributed by atoms with Gasteiger partial charge in [0.2, 0.25) is 0 Å². The van der Waals surface area contributed by atoms with Crippen LogP contribution in [0.5, 0.6) is 0 Å². The van der Waals surface area contributed by atoms with Crippen molar-refractivity contribution in [3.05, 3.63) is 11.9 Å². The second kappa shape index (κ2) is 9.86. The third-order valence-corrected chi connectivity index (χ3v) is 3.24. The Kier molecular flexibility index (Phi) is 8.33. The Morgan fingerprint density at radius 3 is 2.74 bits per heavy atom. The fourth-order valence-electron chi connectivity index (χ4n) is 1.56. The monoisotopic (exact) mass is 284 g/mol. The topological polar surface area (TPSA) is 59.1 Å². The van der Waals surface area contributed by atoms with E-state index in [9.17, 15) is 0 Å². The molecule has 1 aromatic heterocycles. The first-order chi connectivity index (χ1) is 9.30. The smallest absolute Gasteiger partial charge is 0.158 e. The van der Waals surface area contributed by atoms with Gasteiger partial charge in [0.1, 0.15) is 18.2 Å². The minimum absolute atomic E-state index is 0.452. The van der Waals surface area contributed by atoms with E-state index in [4.69, 9.17) is 4.74 Å². The second-order valence-corrected chi connectivity index (χ2v) is 5.05. The Morgan fingerprint density at radius 2 is 2.05 bits per heavy atom. The lowest BCUT2D eigenvalue weighted by Gasteiger charge is -2.09. The summed E-state index contributed by atoms with van der Waals surface area (Å²) in [5.41, 5.74) is 0. The van der Waals surface area contributed by atoms with Crippen LogP contribution in [-0.4, -0.2) is 42.2 Å². The quantitative estimate of drug-likeness (QED) is 0.644. The van der Waals surface area contributed by atoms with Crippen molar-refractivity contribution in [1.82, 2.24) is 9.97 Å². The van der Waals surface area contributed by atoms with Crippen LogP contribution in [0, 0.1) is 0 Å². The van der Waals surface area contributed by atoms with Gasteiger partial charge < -0.3 is 15.4 Å². The zero-order valence-electron chi connectivity index (χ0n) is 12.0. The van der Waals surface area contributed by atoms with Gasteiger partial charge in [-0.05, 0) is 31.8 Å². The van der Waals surface area contributed by atoms with Crippen molar-refractivity contribution in [3.63, 3.8) is 0 Å². The number of thioether (sulfide) groups is 1. The highest BCUT2D eigenvalue weighted by atomic mass is 32.2. The molecular weight excluding hydrogens is 260 g/mol. The first-order valence-corrected chi connectivity index (χ1v) is 8.05. The van der Waals surface area contributed by atoms with Crippen molar-refractivity contribution in [2.24, 2.45) is 0 Å². The summed E-state index contributed by atoms with van der Waals surface area (Å²) in [5.74, 6) is 3.60. The van der Waals surface area contributed by atoms with E-state index in [-0.39, 0.29) is 0 Å². The average molecular weight is 284 g/mol. The van der Waals surface area contributed by atoms with Gasteiger partial charge >= 0.3 is 0 Å². The maximum atomic E-state index is 5.35.